The van der Waals surface area contributed by atoms with E-state index in [1.54, 1.807) is 29.2 Å². The predicted molar refractivity (Wildman–Crippen MR) is 98.4 cm³/mol. The number of nitrogens with zero attached hydrogens (tertiary/aromatic N) is 2. The smallest absolute Gasteiger partial charge is 0.262 e. The zero-order valence-corrected chi connectivity index (χ0v) is 15.4. The van der Waals surface area contributed by atoms with E-state index in [1.807, 2.05) is 0 Å². The first kappa shape index (κ1) is 19.0. The van der Waals surface area contributed by atoms with Crippen molar-refractivity contribution in [1.82, 2.24) is 9.80 Å². The van der Waals surface area contributed by atoms with E-state index in [-0.39, 0.29) is 24.3 Å². The number of hydrogen-bond acceptors (Lipinski definition) is 4. The fourth-order valence-corrected chi connectivity index (χ4v) is 3.58. The van der Waals surface area contributed by atoms with Gasteiger partial charge in [0.15, 0.2) is 11.6 Å². The highest BCUT2D eigenvalue weighted by atomic mass is 19.2. The van der Waals surface area contributed by atoms with Crippen LogP contribution in [0.5, 0.6) is 5.75 Å². The van der Waals surface area contributed by atoms with Gasteiger partial charge in [0.25, 0.3) is 11.8 Å². The summed E-state index contributed by atoms with van der Waals surface area (Å²) in [6.07, 6.45) is 0.780. The second-order valence-corrected chi connectivity index (χ2v) is 7.02. The summed E-state index contributed by atoms with van der Waals surface area (Å²) in [7, 11) is 0. The van der Waals surface area contributed by atoms with Crippen molar-refractivity contribution in [2.24, 2.45) is 0 Å². The summed E-state index contributed by atoms with van der Waals surface area (Å²) in [6.45, 7) is 0.466. The fraction of sp³-hybridized carbons (Fsp3) is 0.286. The lowest BCUT2D eigenvalue weighted by Gasteiger charge is -2.33. The highest BCUT2D eigenvalue weighted by Crippen LogP contribution is 2.24. The van der Waals surface area contributed by atoms with E-state index in [1.165, 1.54) is 6.07 Å². The number of benzene rings is 2. The molecule has 8 heteroatoms. The second-order valence-electron chi connectivity index (χ2n) is 7.02. The lowest BCUT2D eigenvalue weighted by Crippen LogP contribution is -2.47. The molecule has 0 atom stereocenters. The highest BCUT2D eigenvalue weighted by Gasteiger charge is 2.37. The number of hydrogen-bond donors (Lipinski definition) is 0. The van der Waals surface area contributed by atoms with Crippen molar-refractivity contribution in [3.8, 4) is 5.75 Å². The van der Waals surface area contributed by atoms with E-state index in [2.05, 4.69) is 0 Å². The maximum absolute atomic E-state index is 13.3. The van der Waals surface area contributed by atoms with Crippen LogP contribution in [0.2, 0.25) is 0 Å². The minimum atomic E-state index is -0.976. The number of imide groups is 1. The predicted octanol–water partition coefficient (Wildman–Crippen LogP) is 2.63. The molecule has 2 aliphatic rings. The van der Waals surface area contributed by atoms with Crippen molar-refractivity contribution in [2.45, 2.75) is 18.9 Å². The molecular formula is C21H18F2N2O4. The lowest BCUT2D eigenvalue weighted by atomic mass is 10.1. The van der Waals surface area contributed by atoms with Crippen LogP contribution < -0.4 is 4.74 Å². The molecule has 0 saturated carbocycles. The number of carbonyl (C=O) groups excluding carboxylic acids is 3. The number of piperidine rings is 1. The average molecular weight is 400 g/mol. The third-order valence-corrected chi connectivity index (χ3v) is 5.16. The van der Waals surface area contributed by atoms with Gasteiger partial charge in [-0.15, -0.1) is 0 Å². The Morgan fingerprint density at radius 3 is 2.17 bits per heavy atom. The molecule has 0 aliphatic carbocycles. The van der Waals surface area contributed by atoms with Crippen LogP contribution in [0.15, 0.2) is 42.5 Å². The molecule has 1 saturated heterocycles. The molecule has 0 unspecified atom stereocenters. The monoisotopic (exact) mass is 400 g/mol. The minimum absolute atomic E-state index is 0.233. The Morgan fingerprint density at radius 1 is 0.966 bits per heavy atom. The Labute approximate surface area is 165 Å². The van der Waals surface area contributed by atoms with Crippen LogP contribution >= 0.6 is 0 Å². The van der Waals surface area contributed by atoms with Gasteiger partial charge in [-0.2, -0.15) is 0 Å². The van der Waals surface area contributed by atoms with Gasteiger partial charge in [0.1, 0.15) is 18.4 Å². The largest absolute Gasteiger partial charge is 0.490 e. The molecule has 2 heterocycles. The van der Waals surface area contributed by atoms with Crippen LogP contribution in [-0.4, -0.2) is 53.3 Å². The van der Waals surface area contributed by atoms with Crippen LogP contribution in [0.4, 0.5) is 8.78 Å². The average Bonchev–Trinajstić information content (AvgIpc) is 2.96. The van der Waals surface area contributed by atoms with E-state index >= 15 is 0 Å². The quantitative estimate of drug-likeness (QED) is 0.740. The van der Waals surface area contributed by atoms with Gasteiger partial charge in [0.05, 0.1) is 11.1 Å². The molecule has 0 radical (unpaired) electrons. The first-order valence-corrected chi connectivity index (χ1v) is 9.29. The Kier molecular flexibility index (Phi) is 5.00. The molecule has 2 aliphatic heterocycles. The Hall–Kier alpha value is -3.29. The zero-order chi connectivity index (χ0) is 20.5. The molecule has 6 nitrogen and oxygen atoms in total. The second kappa shape index (κ2) is 7.62. The number of rotatable bonds is 4. The number of amides is 3. The summed E-state index contributed by atoms with van der Waals surface area (Å²) >= 11 is 0. The Balaban J connectivity index is 1.32. The molecule has 0 spiro atoms. The fourth-order valence-electron chi connectivity index (χ4n) is 3.58. The Morgan fingerprint density at radius 2 is 1.59 bits per heavy atom. The summed E-state index contributed by atoms with van der Waals surface area (Å²) in [6, 6.07) is 9.85. The first-order valence-electron chi connectivity index (χ1n) is 9.29. The van der Waals surface area contributed by atoms with Gasteiger partial charge in [0, 0.05) is 32.0 Å². The van der Waals surface area contributed by atoms with E-state index < -0.39 is 23.4 Å². The SMILES string of the molecule is O=C(CN1C(=O)c2ccccc2C1=O)N1CCC(Oc2ccc(F)c(F)c2)CC1. The van der Waals surface area contributed by atoms with Gasteiger partial charge in [-0.3, -0.25) is 19.3 Å². The molecular weight excluding hydrogens is 382 g/mol. The van der Waals surface area contributed by atoms with Crippen LogP contribution in [0.25, 0.3) is 0 Å². The molecule has 0 bridgehead atoms. The van der Waals surface area contributed by atoms with Crippen molar-refractivity contribution in [2.75, 3.05) is 19.6 Å². The normalized spacial score (nSPS) is 16.9. The van der Waals surface area contributed by atoms with Gasteiger partial charge < -0.3 is 9.64 Å². The lowest BCUT2D eigenvalue weighted by molar-refractivity contribution is -0.133. The number of halogens is 2. The van der Waals surface area contributed by atoms with Crippen molar-refractivity contribution >= 4 is 17.7 Å². The molecule has 0 N–H and O–H groups in total. The van der Waals surface area contributed by atoms with E-state index in [4.69, 9.17) is 4.74 Å². The molecule has 1 fully saturated rings. The minimum Gasteiger partial charge on any atom is -0.490 e. The summed E-state index contributed by atoms with van der Waals surface area (Å²) < 4.78 is 32.0. The van der Waals surface area contributed by atoms with E-state index in [0.29, 0.717) is 37.1 Å². The number of fused-ring (bicyclic) bond motifs is 1. The summed E-state index contributed by atoms with van der Waals surface area (Å²) in [4.78, 5) is 39.9. The maximum atomic E-state index is 13.3. The number of ether oxygens (including phenoxy) is 1. The van der Waals surface area contributed by atoms with E-state index in [0.717, 1.165) is 17.0 Å². The molecule has 2 aromatic carbocycles. The third-order valence-electron chi connectivity index (χ3n) is 5.16. The van der Waals surface area contributed by atoms with Gasteiger partial charge in [-0.25, -0.2) is 8.78 Å². The number of likely N-dealkylation sites (tertiary alicyclic amines) is 1. The molecule has 3 amide bonds. The van der Waals surface area contributed by atoms with Crippen molar-refractivity contribution in [3.05, 3.63) is 65.2 Å². The molecule has 150 valence electrons. The molecule has 4 rings (SSSR count). The van der Waals surface area contributed by atoms with Gasteiger partial charge in [-0.1, -0.05) is 12.1 Å². The first-order chi connectivity index (χ1) is 13.9. The molecule has 29 heavy (non-hydrogen) atoms. The van der Waals surface area contributed by atoms with Crippen LogP contribution in [0.1, 0.15) is 33.6 Å². The topological polar surface area (TPSA) is 66.9 Å². The van der Waals surface area contributed by atoms with Gasteiger partial charge in [-0.05, 0) is 24.3 Å². The molecule has 2 aromatic rings. The van der Waals surface area contributed by atoms with E-state index in [9.17, 15) is 23.2 Å². The van der Waals surface area contributed by atoms with Gasteiger partial charge >= 0.3 is 0 Å². The van der Waals surface area contributed by atoms with Crippen molar-refractivity contribution < 1.29 is 27.9 Å². The zero-order valence-electron chi connectivity index (χ0n) is 15.4. The summed E-state index contributed by atoms with van der Waals surface area (Å²) in [5.74, 6) is -2.92. The summed E-state index contributed by atoms with van der Waals surface area (Å²) in [5.41, 5.74) is 0.618. The standard InChI is InChI=1S/C21H18F2N2O4/c22-17-6-5-14(11-18(17)23)29-13-7-9-24(10-8-13)19(26)12-25-20(27)15-3-1-2-4-16(15)21(25)28/h1-6,11,13H,7-10,12H2. The third kappa shape index (κ3) is 3.70. The Bertz CT molecular complexity index is 951. The van der Waals surface area contributed by atoms with Gasteiger partial charge in [0.2, 0.25) is 5.91 Å². The summed E-state index contributed by atoms with van der Waals surface area (Å²) in [5, 5.41) is 0. The van der Waals surface area contributed by atoms with Crippen molar-refractivity contribution in [1.29, 1.82) is 0 Å². The number of carbonyl (C=O) groups is 3. The van der Waals surface area contributed by atoms with Crippen LogP contribution in [0.3, 0.4) is 0 Å². The van der Waals surface area contributed by atoms with Crippen molar-refractivity contribution in [3.63, 3.8) is 0 Å². The highest BCUT2D eigenvalue weighted by molar-refractivity contribution is 6.22. The van der Waals surface area contributed by atoms with Crippen LogP contribution in [0, 0.1) is 11.6 Å². The molecule has 0 aromatic heterocycles. The van der Waals surface area contributed by atoms with Crippen LogP contribution in [-0.2, 0) is 4.79 Å². The maximum Gasteiger partial charge on any atom is 0.262 e.